The highest BCUT2D eigenvalue weighted by atomic mass is 16.3. The van der Waals surface area contributed by atoms with Crippen LogP contribution in [0.25, 0.3) is 0 Å². The Morgan fingerprint density at radius 1 is 1.42 bits per heavy atom. The Labute approximate surface area is 116 Å². The fourth-order valence-electron chi connectivity index (χ4n) is 4.60. The van der Waals surface area contributed by atoms with Gasteiger partial charge in [0, 0.05) is 11.5 Å². The zero-order valence-electron chi connectivity index (χ0n) is 12.3. The van der Waals surface area contributed by atoms with Crippen LogP contribution in [0, 0.1) is 5.92 Å². The molecule has 1 saturated heterocycles. The van der Waals surface area contributed by atoms with Crippen LogP contribution in [-0.2, 0) is 11.8 Å². The van der Waals surface area contributed by atoms with Gasteiger partial charge in [0.1, 0.15) is 5.75 Å². The summed E-state index contributed by atoms with van der Waals surface area (Å²) in [6.45, 7) is 5.89. The van der Waals surface area contributed by atoms with E-state index in [1.807, 2.05) is 12.1 Å². The van der Waals surface area contributed by atoms with Gasteiger partial charge in [-0.1, -0.05) is 26.3 Å². The number of nitrogens with zero attached hydrogens (tertiary/aromatic N) is 1. The van der Waals surface area contributed by atoms with Crippen LogP contribution in [0.15, 0.2) is 18.2 Å². The molecule has 2 heteroatoms. The van der Waals surface area contributed by atoms with Crippen molar-refractivity contribution in [3.63, 3.8) is 0 Å². The Morgan fingerprint density at radius 3 is 2.95 bits per heavy atom. The second kappa shape index (κ2) is 4.52. The average Bonchev–Trinajstić information content (AvgIpc) is 2.38. The number of phenols is 1. The van der Waals surface area contributed by atoms with Crippen LogP contribution in [-0.4, -0.2) is 29.6 Å². The van der Waals surface area contributed by atoms with Gasteiger partial charge in [-0.05, 0) is 62.0 Å². The maximum absolute atomic E-state index is 9.90. The van der Waals surface area contributed by atoms with E-state index < -0.39 is 0 Å². The highest BCUT2D eigenvalue weighted by Crippen LogP contribution is 2.51. The summed E-state index contributed by atoms with van der Waals surface area (Å²) in [5.41, 5.74) is 3.19. The summed E-state index contributed by atoms with van der Waals surface area (Å²) in [6, 6.07) is 6.71. The molecule has 3 atom stereocenters. The van der Waals surface area contributed by atoms with Gasteiger partial charge in [0.2, 0.25) is 0 Å². The van der Waals surface area contributed by atoms with E-state index in [9.17, 15) is 5.11 Å². The van der Waals surface area contributed by atoms with E-state index in [0.717, 1.165) is 6.42 Å². The Morgan fingerprint density at radius 2 is 2.21 bits per heavy atom. The van der Waals surface area contributed by atoms with Gasteiger partial charge in [-0.25, -0.2) is 0 Å². The van der Waals surface area contributed by atoms with Crippen molar-refractivity contribution in [1.29, 1.82) is 0 Å². The van der Waals surface area contributed by atoms with Crippen LogP contribution in [0.2, 0.25) is 0 Å². The normalized spacial score (nSPS) is 34.1. The van der Waals surface area contributed by atoms with Crippen molar-refractivity contribution < 1.29 is 5.11 Å². The topological polar surface area (TPSA) is 23.5 Å². The van der Waals surface area contributed by atoms with E-state index in [-0.39, 0.29) is 5.41 Å². The molecule has 1 aliphatic carbocycles. The molecule has 1 N–H and O–H groups in total. The number of benzene rings is 1. The molecule has 19 heavy (non-hydrogen) atoms. The lowest BCUT2D eigenvalue weighted by atomic mass is 9.56. The number of likely N-dealkylation sites (tertiary alicyclic amines) is 1. The third-order valence-corrected chi connectivity index (χ3v) is 5.68. The summed E-state index contributed by atoms with van der Waals surface area (Å²) < 4.78 is 0. The number of hydrogen-bond acceptors (Lipinski definition) is 2. The molecule has 1 fully saturated rings. The predicted molar refractivity (Wildman–Crippen MR) is 78.6 cm³/mol. The minimum absolute atomic E-state index is 0.290. The van der Waals surface area contributed by atoms with Gasteiger partial charge >= 0.3 is 0 Å². The van der Waals surface area contributed by atoms with Crippen molar-refractivity contribution in [2.75, 3.05) is 13.6 Å². The Balaban J connectivity index is 2.15. The van der Waals surface area contributed by atoms with Crippen LogP contribution < -0.4 is 0 Å². The Kier molecular flexibility index (Phi) is 3.09. The molecule has 2 bridgehead atoms. The smallest absolute Gasteiger partial charge is 0.115 e. The van der Waals surface area contributed by atoms with Crippen LogP contribution in [0.4, 0.5) is 0 Å². The third kappa shape index (κ3) is 1.80. The first kappa shape index (κ1) is 13.0. The summed E-state index contributed by atoms with van der Waals surface area (Å²) in [5, 5.41) is 9.90. The van der Waals surface area contributed by atoms with Crippen LogP contribution in [0.5, 0.6) is 5.75 Å². The van der Waals surface area contributed by atoms with Crippen molar-refractivity contribution in [3.8, 4) is 5.75 Å². The third-order valence-electron chi connectivity index (χ3n) is 5.68. The molecule has 1 aliphatic heterocycles. The summed E-state index contributed by atoms with van der Waals surface area (Å²) in [5.74, 6) is 1.11. The van der Waals surface area contributed by atoms with Crippen molar-refractivity contribution in [3.05, 3.63) is 29.3 Å². The molecule has 0 unspecified atom stereocenters. The SMILES string of the molecule is CCC[C@@]12CCN(C)[C@@H](Cc3ccc(O)cc31)[C@H]2C. The number of fused-ring (bicyclic) bond motifs is 4. The van der Waals surface area contributed by atoms with Crippen LogP contribution in [0.1, 0.15) is 44.2 Å². The van der Waals surface area contributed by atoms with Crippen molar-refractivity contribution in [2.24, 2.45) is 5.92 Å². The zero-order chi connectivity index (χ0) is 13.6. The van der Waals surface area contributed by atoms with E-state index in [1.54, 1.807) is 0 Å². The molecule has 2 nitrogen and oxygen atoms in total. The number of phenolic OH excluding ortho intramolecular Hbond substituents is 1. The average molecular weight is 259 g/mol. The van der Waals surface area contributed by atoms with Crippen molar-refractivity contribution in [2.45, 2.75) is 51.0 Å². The Hall–Kier alpha value is -1.02. The molecular weight excluding hydrogens is 234 g/mol. The highest BCUT2D eigenvalue weighted by Gasteiger charge is 2.49. The number of likely N-dealkylation sites (N-methyl/N-ethyl adjacent to an activating group) is 1. The van der Waals surface area contributed by atoms with E-state index in [1.165, 1.54) is 36.9 Å². The van der Waals surface area contributed by atoms with Gasteiger partial charge in [-0.15, -0.1) is 0 Å². The predicted octanol–water partition coefficient (Wildman–Crippen LogP) is 3.33. The maximum Gasteiger partial charge on any atom is 0.115 e. The molecule has 2 aliphatic rings. The fourth-order valence-corrected chi connectivity index (χ4v) is 4.60. The number of rotatable bonds is 2. The van der Waals surface area contributed by atoms with E-state index in [4.69, 9.17) is 0 Å². The van der Waals surface area contributed by atoms with Gasteiger partial charge in [0.25, 0.3) is 0 Å². The molecular formula is C17H25NO. The van der Waals surface area contributed by atoms with Gasteiger partial charge in [-0.2, -0.15) is 0 Å². The van der Waals surface area contributed by atoms with Gasteiger partial charge in [0.05, 0.1) is 0 Å². The summed E-state index contributed by atoms with van der Waals surface area (Å²) in [4.78, 5) is 2.54. The number of piperidine rings is 1. The first-order valence-electron chi connectivity index (χ1n) is 7.61. The molecule has 1 aromatic rings. The van der Waals surface area contributed by atoms with Crippen LogP contribution in [0.3, 0.4) is 0 Å². The second-order valence-corrected chi connectivity index (χ2v) is 6.54. The van der Waals surface area contributed by atoms with E-state index >= 15 is 0 Å². The monoisotopic (exact) mass is 259 g/mol. The largest absolute Gasteiger partial charge is 0.508 e. The quantitative estimate of drug-likeness (QED) is 0.880. The molecule has 1 heterocycles. The maximum atomic E-state index is 9.90. The molecule has 0 amide bonds. The molecule has 0 aromatic heterocycles. The molecule has 0 spiro atoms. The fraction of sp³-hybridized carbons (Fsp3) is 0.647. The minimum Gasteiger partial charge on any atom is -0.508 e. The lowest BCUT2D eigenvalue weighted by molar-refractivity contribution is 0.0354. The standard InChI is InChI=1S/C17H25NO/c1-4-7-17-8-9-18(3)16(12(17)2)10-13-5-6-14(19)11-15(13)17/h5-6,11-12,16,19H,4,7-10H2,1-3H3/t12-,16+,17+/m1/s1. The Bertz CT molecular complexity index is 484. The molecule has 104 valence electrons. The summed E-state index contributed by atoms with van der Waals surface area (Å²) >= 11 is 0. The first-order valence-corrected chi connectivity index (χ1v) is 7.61. The molecule has 3 rings (SSSR count). The van der Waals surface area contributed by atoms with Gasteiger partial charge in [0.15, 0.2) is 0 Å². The lowest BCUT2D eigenvalue weighted by Gasteiger charge is -2.55. The molecule has 1 aromatic carbocycles. The first-order chi connectivity index (χ1) is 9.08. The summed E-state index contributed by atoms with van der Waals surface area (Å²) in [7, 11) is 2.27. The minimum atomic E-state index is 0.290. The van der Waals surface area contributed by atoms with Gasteiger partial charge in [-0.3, -0.25) is 0 Å². The van der Waals surface area contributed by atoms with Gasteiger partial charge < -0.3 is 10.0 Å². The highest BCUT2D eigenvalue weighted by molar-refractivity contribution is 5.44. The lowest BCUT2D eigenvalue weighted by Crippen LogP contribution is -2.57. The molecule has 0 radical (unpaired) electrons. The second-order valence-electron chi connectivity index (χ2n) is 6.54. The summed E-state index contributed by atoms with van der Waals surface area (Å²) in [6.07, 6.45) is 4.83. The number of aromatic hydroxyl groups is 1. The zero-order valence-corrected chi connectivity index (χ0v) is 12.3. The molecule has 0 saturated carbocycles. The number of hydrogen-bond donors (Lipinski definition) is 1. The van der Waals surface area contributed by atoms with Crippen LogP contribution >= 0.6 is 0 Å². The van der Waals surface area contributed by atoms with E-state index in [2.05, 4.69) is 31.9 Å². The van der Waals surface area contributed by atoms with Crippen molar-refractivity contribution in [1.82, 2.24) is 4.90 Å². The van der Waals surface area contributed by atoms with E-state index in [0.29, 0.717) is 17.7 Å². The van der Waals surface area contributed by atoms with Crippen molar-refractivity contribution >= 4 is 0 Å².